The van der Waals surface area contributed by atoms with Gasteiger partial charge in [0.25, 0.3) is 0 Å². The van der Waals surface area contributed by atoms with Crippen LogP contribution >= 0.6 is 0 Å². The zero-order valence-electron chi connectivity index (χ0n) is 45.6. The highest BCUT2D eigenvalue weighted by Gasteiger charge is 2.43. The second kappa shape index (κ2) is 17.2. The molecular formula is C72H70O. The van der Waals surface area contributed by atoms with Crippen LogP contribution in [0.4, 0.5) is 0 Å². The summed E-state index contributed by atoms with van der Waals surface area (Å²) >= 11 is 0. The Balaban J connectivity index is 0.000000139. The Kier molecular flexibility index (Phi) is 11.3. The SMILES string of the molecule is Cc1ccc2c(c1)C(C)(C)c1cc(-c3ccccc3C(C)(C)C)c(C)c(-c3ccccc3C)c1-2.Cc1ccc2c(c1)C(C)(C)c1cc3c(cc1-2)C(C)(C)c1ccc2oc4ccccc4c2c1-3.Cc1ccccc1. The predicted molar refractivity (Wildman–Crippen MR) is 313 cm³/mol. The van der Waals surface area contributed by atoms with E-state index in [1.54, 1.807) is 0 Å². The molecule has 0 fully saturated rings. The van der Waals surface area contributed by atoms with Gasteiger partial charge in [-0.3, -0.25) is 0 Å². The van der Waals surface area contributed by atoms with Crippen LogP contribution < -0.4 is 0 Å². The van der Waals surface area contributed by atoms with Gasteiger partial charge < -0.3 is 4.42 Å². The number of furan rings is 1. The van der Waals surface area contributed by atoms with Crippen molar-refractivity contribution >= 4 is 21.9 Å². The number of hydrogen-bond donors (Lipinski definition) is 0. The van der Waals surface area contributed by atoms with Gasteiger partial charge in [0.15, 0.2) is 0 Å². The van der Waals surface area contributed by atoms with Crippen LogP contribution in [0.15, 0.2) is 174 Å². The summed E-state index contributed by atoms with van der Waals surface area (Å²) < 4.78 is 6.26. The monoisotopic (exact) mass is 951 g/mol. The molecule has 10 aromatic rings. The van der Waals surface area contributed by atoms with E-state index in [-0.39, 0.29) is 21.7 Å². The first-order chi connectivity index (χ1) is 34.7. The molecule has 0 bridgehead atoms. The number of para-hydroxylation sites is 1. The summed E-state index contributed by atoms with van der Waals surface area (Å²) in [4.78, 5) is 0. The maximum atomic E-state index is 6.26. The minimum atomic E-state index is -0.0517. The quantitative estimate of drug-likeness (QED) is 0.168. The largest absolute Gasteiger partial charge is 0.456 e. The van der Waals surface area contributed by atoms with E-state index in [1.165, 1.54) is 133 Å². The summed E-state index contributed by atoms with van der Waals surface area (Å²) in [6.45, 7) is 32.3. The molecule has 1 heteroatoms. The predicted octanol–water partition coefficient (Wildman–Crippen LogP) is 20.1. The summed E-state index contributed by atoms with van der Waals surface area (Å²) in [6.07, 6.45) is 0. The molecule has 0 atom stereocenters. The summed E-state index contributed by atoms with van der Waals surface area (Å²) in [7, 11) is 0. The van der Waals surface area contributed by atoms with Gasteiger partial charge >= 0.3 is 0 Å². The lowest BCUT2D eigenvalue weighted by molar-refractivity contribution is 0.592. The Morgan fingerprint density at radius 3 is 1.55 bits per heavy atom. The first kappa shape index (κ1) is 48.1. The van der Waals surface area contributed by atoms with E-state index >= 15 is 0 Å². The van der Waals surface area contributed by atoms with Crippen molar-refractivity contribution in [1.82, 2.24) is 0 Å². The van der Waals surface area contributed by atoms with Gasteiger partial charge in [-0.25, -0.2) is 0 Å². The molecule has 1 nitrogen and oxygen atoms in total. The van der Waals surface area contributed by atoms with Crippen LogP contribution in [0.5, 0.6) is 0 Å². The van der Waals surface area contributed by atoms with Crippen LogP contribution in [0, 0.1) is 34.6 Å². The molecule has 0 N–H and O–H groups in total. The Hall–Kier alpha value is -7.22. The van der Waals surface area contributed by atoms with Gasteiger partial charge in [0.2, 0.25) is 0 Å². The lowest BCUT2D eigenvalue weighted by Crippen LogP contribution is -2.17. The summed E-state index contributed by atoms with van der Waals surface area (Å²) in [5.74, 6) is 0. The molecule has 0 spiro atoms. The normalized spacial score (nSPS) is 14.8. The van der Waals surface area contributed by atoms with E-state index in [1.807, 2.05) is 18.2 Å². The lowest BCUT2D eigenvalue weighted by Gasteiger charge is -2.28. The van der Waals surface area contributed by atoms with Crippen molar-refractivity contribution in [2.75, 3.05) is 0 Å². The topological polar surface area (TPSA) is 13.1 Å². The van der Waals surface area contributed by atoms with E-state index in [0.29, 0.717) is 0 Å². The first-order valence-corrected chi connectivity index (χ1v) is 26.4. The zero-order chi connectivity index (χ0) is 51.5. The van der Waals surface area contributed by atoms with Gasteiger partial charge in [-0.15, -0.1) is 0 Å². The second-order valence-electron chi connectivity index (χ2n) is 24.0. The molecule has 3 aliphatic carbocycles. The maximum Gasteiger partial charge on any atom is 0.136 e. The van der Waals surface area contributed by atoms with Crippen molar-refractivity contribution in [3.05, 3.63) is 237 Å². The molecule has 9 aromatic carbocycles. The highest BCUT2D eigenvalue weighted by Crippen LogP contribution is 2.59. The lowest BCUT2D eigenvalue weighted by atomic mass is 9.76. The molecule has 1 heterocycles. The summed E-state index contributed by atoms with van der Waals surface area (Å²) in [5, 5.41) is 2.47. The molecule has 13 rings (SSSR count). The molecule has 73 heavy (non-hydrogen) atoms. The van der Waals surface area contributed by atoms with Crippen LogP contribution in [-0.4, -0.2) is 0 Å². The van der Waals surface area contributed by atoms with Crippen molar-refractivity contribution in [3.63, 3.8) is 0 Å². The third-order valence-corrected chi connectivity index (χ3v) is 16.9. The van der Waals surface area contributed by atoms with Crippen molar-refractivity contribution in [3.8, 4) is 55.6 Å². The average Bonchev–Trinajstić information content (AvgIpc) is 3.99. The van der Waals surface area contributed by atoms with Gasteiger partial charge in [-0.1, -0.05) is 219 Å². The van der Waals surface area contributed by atoms with E-state index in [2.05, 4.69) is 249 Å². The molecule has 0 unspecified atom stereocenters. The van der Waals surface area contributed by atoms with Gasteiger partial charge in [-0.2, -0.15) is 0 Å². The third-order valence-electron chi connectivity index (χ3n) is 16.9. The smallest absolute Gasteiger partial charge is 0.136 e. The zero-order valence-corrected chi connectivity index (χ0v) is 45.6. The van der Waals surface area contributed by atoms with Crippen molar-refractivity contribution in [2.45, 2.75) is 119 Å². The Labute approximate surface area is 435 Å². The third kappa shape index (κ3) is 7.64. The summed E-state index contributed by atoms with van der Waals surface area (Å²) in [6, 6.07) is 62.5. The minimum Gasteiger partial charge on any atom is -0.456 e. The van der Waals surface area contributed by atoms with Crippen molar-refractivity contribution in [1.29, 1.82) is 0 Å². The maximum absolute atomic E-state index is 6.26. The molecule has 0 aliphatic heterocycles. The Bertz CT molecular complexity index is 3840. The fraction of sp³-hybridized carbons (Fsp3) is 0.250. The molecule has 0 amide bonds. The second-order valence-corrected chi connectivity index (χ2v) is 24.0. The minimum absolute atomic E-state index is 0.00896. The van der Waals surface area contributed by atoms with E-state index in [0.717, 1.165) is 11.2 Å². The van der Waals surface area contributed by atoms with Gasteiger partial charge in [0.05, 0.1) is 0 Å². The van der Waals surface area contributed by atoms with Crippen LogP contribution in [0.3, 0.4) is 0 Å². The Morgan fingerprint density at radius 2 is 0.877 bits per heavy atom. The average molecular weight is 951 g/mol. The van der Waals surface area contributed by atoms with Crippen molar-refractivity contribution < 1.29 is 4.42 Å². The fourth-order valence-corrected chi connectivity index (χ4v) is 12.8. The Morgan fingerprint density at radius 1 is 0.342 bits per heavy atom. The van der Waals surface area contributed by atoms with E-state index in [9.17, 15) is 0 Å². The van der Waals surface area contributed by atoms with Crippen molar-refractivity contribution in [2.24, 2.45) is 0 Å². The first-order valence-electron chi connectivity index (χ1n) is 26.4. The van der Waals surface area contributed by atoms with Crippen LogP contribution in [-0.2, 0) is 21.7 Å². The number of aryl methyl sites for hydroxylation is 4. The van der Waals surface area contributed by atoms with Crippen LogP contribution in [0.1, 0.15) is 129 Å². The molecular weight excluding hydrogens is 881 g/mol. The standard InChI is InChI=1S/C34H36.C31H26O.C7H8/c1-21-17-18-26-29(19-21)34(7,8)30-20-27(25-15-11-12-16-28(25)33(4,5)6)23(3)31(32(26)30)24-14-10-9-13-22(24)2;1-17-10-11-18-20-15-25-21(16-24(20)31(4,5)23(18)14-17)28-22(30(25,2)3)12-13-27-29(28)19-8-6-7-9-26(19)32-27;1-7-5-3-2-4-6-7/h9-20H,1-8H3;6-16H,1-5H3;2-6H,1H3. The van der Waals surface area contributed by atoms with Gasteiger partial charge in [0.1, 0.15) is 11.2 Å². The number of benzene rings is 9. The molecule has 0 radical (unpaired) electrons. The molecule has 3 aliphatic rings. The number of hydrogen-bond acceptors (Lipinski definition) is 1. The van der Waals surface area contributed by atoms with Gasteiger partial charge in [-0.05, 0) is 176 Å². The van der Waals surface area contributed by atoms with Gasteiger partial charge in [0, 0.05) is 27.0 Å². The summed E-state index contributed by atoms with van der Waals surface area (Å²) in [5.41, 5.74) is 32.4. The molecule has 0 saturated carbocycles. The van der Waals surface area contributed by atoms with Crippen LogP contribution in [0.25, 0.3) is 77.6 Å². The van der Waals surface area contributed by atoms with E-state index in [4.69, 9.17) is 4.42 Å². The van der Waals surface area contributed by atoms with E-state index < -0.39 is 0 Å². The molecule has 364 valence electrons. The molecule has 1 aromatic heterocycles. The number of fused-ring (bicyclic) bond motifs is 13. The number of rotatable bonds is 2. The highest BCUT2D eigenvalue weighted by atomic mass is 16.3. The highest BCUT2D eigenvalue weighted by molar-refractivity contribution is 6.15. The fourth-order valence-electron chi connectivity index (χ4n) is 12.8. The van der Waals surface area contributed by atoms with Crippen LogP contribution in [0.2, 0.25) is 0 Å². The molecule has 0 saturated heterocycles.